The fourth-order valence-corrected chi connectivity index (χ4v) is 8.89. The molecule has 3 N–H and O–H groups in total. The van der Waals surface area contributed by atoms with Gasteiger partial charge < -0.3 is 15.0 Å². The second kappa shape index (κ2) is 16.9. The van der Waals surface area contributed by atoms with E-state index in [4.69, 9.17) is 17.0 Å². The second-order valence-electron chi connectivity index (χ2n) is 12.7. The summed E-state index contributed by atoms with van der Waals surface area (Å²) in [5, 5.41) is 4.19. The number of aryl methyl sites for hydroxylation is 2. The number of sulfonamides is 2. The first-order valence-corrected chi connectivity index (χ1v) is 19.6. The van der Waals surface area contributed by atoms with Crippen molar-refractivity contribution < 1.29 is 26.4 Å². The van der Waals surface area contributed by atoms with E-state index in [0.717, 1.165) is 27.6 Å². The summed E-state index contributed by atoms with van der Waals surface area (Å²) in [6.45, 7) is 8.10. The number of methoxy groups -OCH3 is 1. The molecule has 4 rings (SSSR count). The van der Waals surface area contributed by atoms with Gasteiger partial charge >= 0.3 is 5.97 Å². The molecule has 0 saturated heterocycles. The average molecular weight is 727 g/mol. The number of rotatable bonds is 17. The highest BCUT2D eigenvalue weighted by Crippen LogP contribution is 2.24. The number of ether oxygens (including phenoxy) is 1. The third-order valence-electron chi connectivity index (χ3n) is 8.24. The molecule has 0 spiro atoms. The van der Waals surface area contributed by atoms with Gasteiger partial charge in [-0.25, -0.2) is 21.6 Å². The summed E-state index contributed by atoms with van der Waals surface area (Å²) in [5.74, 6) is -0.659. The third-order valence-corrected chi connectivity index (χ3v) is 12.0. The Balaban J connectivity index is 1.46. The molecule has 13 heteroatoms. The first-order valence-electron chi connectivity index (χ1n) is 16.3. The number of esters is 1. The Morgan fingerprint density at radius 2 is 1.51 bits per heavy atom. The van der Waals surface area contributed by atoms with E-state index in [1.54, 1.807) is 48.5 Å². The van der Waals surface area contributed by atoms with E-state index in [1.165, 1.54) is 11.4 Å². The molecule has 0 aliphatic carbocycles. The average Bonchev–Trinajstić information content (AvgIpc) is 3.47. The highest BCUT2D eigenvalue weighted by Gasteiger charge is 2.36. The molecular weight excluding hydrogens is 681 g/mol. The van der Waals surface area contributed by atoms with Gasteiger partial charge in [0.05, 0.1) is 27.9 Å². The van der Waals surface area contributed by atoms with Crippen LogP contribution in [-0.2, 0) is 36.0 Å². The number of benzene rings is 3. The first kappa shape index (κ1) is 38.2. The zero-order valence-electron chi connectivity index (χ0n) is 28.6. The maximum Gasteiger partial charge on any atom is 0.324 e. The molecule has 1 aromatic heterocycles. The van der Waals surface area contributed by atoms with Gasteiger partial charge in [-0.3, -0.25) is 4.79 Å². The quantitative estimate of drug-likeness (QED) is 0.0722. The maximum atomic E-state index is 13.8. The van der Waals surface area contributed by atoms with E-state index in [1.807, 2.05) is 58.2 Å². The number of H-pyrrole nitrogens is 1. The molecular formula is C36H46N4O6S3. The zero-order chi connectivity index (χ0) is 35.8. The van der Waals surface area contributed by atoms with Crippen molar-refractivity contribution in [3.63, 3.8) is 0 Å². The second-order valence-corrected chi connectivity index (χ2v) is 16.7. The first-order chi connectivity index (χ1) is 23.2. The predicted octanol–water partition coefficient (Wildman–Crippen LogP) is 5.65. The highest BCUT2D eigenvalue weighted by atomic mass is 32.2. The van der Waals surface area contributed by atoms with Crippen molar-refractivity contribution in [3.8, 4) is 0 Å². The van der Waals surface area contributed by atoms with Crippen LogP contribution in [0.2, 0.25) is 0 Å². The summed E-state index contributed by atoms with van der Waals surface area (Å²) in [6, 6.07) is 19.2. The standard InChI is InChI=1S/C36H46N4O6S3/c1-25(2)24-40(49(44,45)30-19-15-27(4)16-20-30)34(36(41)46-5)12-8-9-21-37-35(47)33(22-28-23-38-32-11-7-6-10-31(28)32)39-48(42,43)29-17-13-26(3)14-18-29/h6-7,10-11,13-20,23,25,33-34,38-39H,8-9,12,21-22,24H2,1-5H3,(H,37,47)/t33-,34-/m0/s1. The number of carbonyl (C=O) groups is 1. The number of fused-ring (bicyclic) bond motifs is 1. The molecule has 0 saturated carbocycles. The Morgan fingerprint density at radius 1 is 0.898 bits per heavy atom. The molecule has 0 unspecified atom stereocenters. The lowest BCUT2D eigenvalue weighted by atomic mass is 10.1. The number of aromatic amines is 1. The molecule has 10 nitrogen and oxygen atoms in total. The molecule has 0 aliphatic rings. The number of nitrogens with one attached hydrogen (secondary N) is 3. The number of aromatic nitrogens is 1. The number of nitrogens with zero attached hydrogens (tertiary/aromatic N) is 1. The van der Waals surface area contributed by atoms with Gasteiger partial charge in [0, 0.05) is 30.2 Å². The minimum absolute atomic E-state index is 0.0378. The lowest BCUT2D eigenvalue weighted by Gasteiger charge is -2.30. The van der Waals surface area contributed by atoms with Crippen LogP contribution in [0.4, 0.5) is 0 Å². The van der Waals surface area contributed by atoms with E-state index in [2.05, 4.69) is 15.0 Å². The van der Waals surface area contributed by atoms with Crippen LogP contribution in [0.25, 0.3) is 10.9 Å². The Morgan fingerprint density at radius 3 is 2.12 bits per heavy atom. The number of para-hydroxylation sites is 1. The van der Waals surface area contributed by atoms with Gasteiger partial charge in [0.1, 0.15) is 6.04 Å². The number of unbranched alkanes of at least 4 members (excludes halogenated alkanes) is 1. The molecule has 0 radical (unpaired) electrons. The van der Waals surface area contributed by atoms with Crippen molar-refractivity contribution in [2.75, 3.05) is 20.2 Å². The summed E-state index contributed by atoms with van der Waals surface area (Å²) >= 11 is 5.76. The summed E-state index contributed by atoms with van der Waals surface area (Å²) < 4.78 is 63.5. The van der Waals surface area contributed by atoms with Crippen molar-refractivity contribution in [2.45, 2.75) is 75.3 Å². The van der Waals surface area contributed by atoms with Crippen LogP contribution in [0.5, 0.6) is 0 Å². The van der Waals surface area contributed by atoms with E-state index in [-0.39, 0.29) is 28.7 Å². The topological polar surface area (TPSA) is 138 Å². The van der Waals surface area contributed by atoms with Crippen molar-refractivity contribution in [3.05, 3.63) is 95.7 Å². The number of thiocarbonyl (C=S) groups is 1. The number of carbonyl (C=O) groups excluding carboxylic acids is 1. The van der Waals surface area contributed by atoms with Crippen molar-refractivity contribution in [1.82, 2.24) is 19.3 Å². The molecule has 2 atom stereocenters. The van der Waals surface area contributed by atoms with E-state index in [9.17, 15) is 21.6 Å². The molecule has 264 valence electrons. The fourth-order valence-electron chi connectivity index (χ4n) is 5.59. The highest BCUT2D eigenvalue weighted by molar-refractivity contribution is 7.89. The van der Waals surface area contributed by atoms with Gasteiger partial charge in [0.2, 0.25) is 20.0 Å². The Hall–Kier alpha value is -3.62. The van der Waals surface area contributed by atoms with Crippen LogP contribution in [-0.4, -0.2) is 69.4 Å². The Labute approximate surface area is 295 Å². The summed E-state index contributed by atoms with van der Waals surface area (Å²) in [4.78, 5) is 16.8. The fraction of sp³-hybridized carbons (Fsp3) is 0.389. The minimum Gasteiger partial charge on any atom is -0.468 e. The largest absolute Gasteiger partial charge is 0.468 e. The molecule has 0 aliphatic heterocycles. The molecule has 4 aromatic rings. The predicted molar refractivity (Wildman–Crippen MR) is 197 cm³/mol. The van der Waals surface area contributed by atoms with Crippen LogP contribution >= 0.6 is 12.2 Å². The van der Waals surface area contributed by atoms with Gasteiger partial charge in [-0.2, -0.15) is 4.31 Å². The van der Waals surface area contributed by atoms with Gasteiger partial charge in [-0.1, -0.05) is 79.7 Å². The van der Waals surface area contributed by atoms with Gasteiger partial charge in [0.15, 0.2) is 0 Å². The molecule has 0 fully saturated rings. The van der Waals surface area contributed by atoms with Crippen molar-refractivity contribution >= 4 is 54.1 Å². The van der Waals surface area contributed by atoms with Crippen molar-refractivity contribution in [1.29, 1.82) is 0 Å². The van der Waals surface area contributed by atoms with E-state index >= 15 is 0 Å². The Bertz CT molecular complexity index is 1940. The van der Waals surface area contributed by atoms with Crippen LogP contribution in [0.3, 0.4) is 0 Å². The van der Waals surface area contributed by atoms with E-state index in [0.29, 0.717) is 30.8 Å². The lowest BCUT2D eigenvalue weighted by Crippen LogP contribution is -2.47. The van der Waals surface area contributed by atoms with Gasteiger partial charge in [-0.15, -0.1) is 0 Å². The van der Waals surface area contributed by atoms with Crippen molar-refractivity contribution in [2.24, 2.45) is 5.92 Å². The summed E-state index contributed by atoms with van der Waals surface area (Å²) in [6.07, 6.45) is 3.43. The normalized spacial score (nSPS) is 13.4. The van der Waals surface area contributed by atoms with Crippen LogP contribution < -0.4 is 10.0 Å². The van der Waals surface area contributed by atoms with Gasteiger partial charge in [-0.05, 0) is 81.3 Å². The monoisotopic (exact) mass is 726 g/mol. The van der Waals surface area contributed by atoms with E-state index < -0.39 is 38.1 Å². The summed E-state index contributed by atoms with van der Waals surface area (Å²) in [7, 11) is -6.63. The molecule has 49 heavy (non-hydrogen) atoms. The van der Waals surface area contributed by atoms with Crippen LogP contribution in [0, 0.1) is 19.8 Å². The smallest absolute Gasteiger partial charge is 0.324 e. The molecule has 3 aromatic carbocycles. The SMILES string of the molecule is COC(=O)[C@H](CCCCNC(=S)[C@H](Cc1c[nH]c2ccccc12)NS(=O)(=O)c1ccc(C)cc1)N(CC(C)C)S(=O)(=O)c1ccc(C)cc1. The maximum absolute atomic E-state index is 13.8. The third kappa shape index (κ3) is 9.98. The van der Waals surface area contributed by atoms with Crippen LogP contribution in [0.15, 0.2) is 88.8 Å². The lowest BCUT2D eigenvalue weighted by molar-refractivity contribution is -0.145. The minimum atomic E-state index is -3.99. The summed E-state index contributed by atoms with van der Waals surface area (Å²) in [5.41, 5.74) is 3.72. The zero-order valence-corrected chi connectivity index (χ0v) is 31.1. The number of hydrogen-bond donors (Lipinski definition) is 3. The molecule has 1 heterocycles. The van der Waals surface area contributed by atoms with Gasteiger partial charge in [0.25, 0.3) is 0 Å². The van der Waals surface area contributed by atoms with Crippen LogP contribution in [0.1, 0.15) is 49.8 Å². The molecule has 0 amide bonds. The molecule has 0 bridgehead atoms. The number of hydrogen-bond acceptors (Lipinski definition) is 7. The Kier molecular flexibility index (Phi) is 13.1.